The van der Waals surface area contributed by atoms with Crippen LogP contribution in [0.3, 0.4) is 0 Å². The van der Waals surface area contributed by atoms with E-state index in [9.17, 15) is 9.59 Å². The normalized spacial score (nSPS) is 13.2. The summed E-state index contributed by atoms with van der Waals surface area (Å²) in [6.07, 6.45) is 1.42. The van der Waals surface area contributed by atoms with E-state index in [2.05, 4.69) is 10.6 Å². The highest BCUT2D eigenvalue weighted by atomic mass is 16.5. The van der Waals surface area contributed by atoms with Crippen LogP contribution in [0.1, 0.15) is 48.5 Å². The third-order valence-corrected chi connectivity index (χ3v) is 4.19. The number of methoxy groups -OCH3 is 1. The number of hydrogen-bond donors (Lipinski definition) is 2. The van der Waals surface area contributed by atoms with Crippen LogP contribution in [0.4, 0.5) is 0 Å². The van der Waals surface area contributed by atoms with Crippen molar-refractivity contribution in [3.05, 3.63) is 53.5 Å². The lowest BCUT2D eigenvalue weighted by Gasteiger charge is -2.24. The van der Waals surface area contributed by atoms with Crippen LogP contribution in [0.15, 0.2) is 41.0 Å². The minimum absolute atomic E-state index is 0.0829. The van der Waals surface area contributed by atoms with E-state index >= 15 is 0 Å². The molecule has 140 valence electrons. The fourth-order valence-electron chi connectivity index (χ4n) is 2.73. The molecule has 2 rings (SSSR count). The molecule has 2 unspecified atom stereocenters. The fraction of sp³-hybridized carbons (Fsp3) is 0.400. The Morgan fingerprint density at radius 1 is 1.12 bits per heavy atom. The maximum Gasteiger partial charge on any atom is 0.287 e. The van der Waals surface area contributed by atoms with Crippen LogP contribution in [0, 0.1) is 12.8 Å². The Morgan fingerprint density at radius 3 is 2.42 bits per heavy atom. The molecule has 26 heavy (non-hydrogen) atoms. The molecule has 1 aromatic heterocycles. The van der Waals surface area contributed by atoms with Crippen molar-refractivity contribution < 1.29 is 18.7 Å². The summed E-state index contributed by atoms with van der Waals surface area (Å²) in [6.45, 7) is 7.63. The van der Waals surface area contributed by atoms with E-state index in [0.717, 1.165) is 11.1 Å². The maximum atomic E-state index is 12.8. The first-order valence-electron chi connectivity index (χ1n) is 8.62. The lowest BCUT2D eigenvalue weighted by molar-refractivity contribution is -0.124. The van der Waals surface area contributed by atoms with Crippen molar-refractivity contribution in [1.82, 2.24) is 10.6 Å². The number of hydrogen-bond acceptors (Lipinski definition) is 4. The standard InChI is InChI=1S/C20H26N2O4/c1-12(2)18(22-19(23)17-7-6-10-26-17)20(24)21-14(4)15-11-13(3)8-9-16(15)25-5/h6-12,14,18H,1-5H3,(H,21,24)(H,22,23). The Morgan fingerprint density at radius 2 is 1.85 bits per heavy atom. The van der Waals surface area contributed by atoms with Crippen molar-refractivity contribution in [3.63, 3.8) is 0 Å². The van der Waals surface area contributed by atoms with E-state index in [1.54, 1.807) is 19.2 Å². The van der Waals surface area contributed by atoms with E-state index in [1.165, 1.54) is 6.26 Å². The molecule has 0 aliphatic carbocycles. The summed E-state index contributed by atoms with van der Waals surface area (Å²) in [4.78, 5) is 25.0. The van der Waals surface area contributed by atoms with Gasteiger partial charge in [0.05, 0.1) is 19.4 Å². The summed E-state index contributed by atoms with van der Waals surface area (Å²) in [5, 5.41) is 5.71. The zero-order valence-corrected chi connectivity index (χ0v) is 15.8. The molecule has 0 spiro atoms. The SMILES string of the molecule is COc1ccc(C)cc1C(C)NC(=O)C(NC(=O)c1ccco1)C(C)C. The number of benzene rings is 1. The number of nitrogens with one attached hydrogen (secondary N) is 2. The first-order valence-corrected chi connectivity index (χ1v) is 8.62. The van der Waals surface area contributed by atoms with Gasteiger partial charge in [-0.15, -0.1) is 0 Å². The molecular weight excluding hydrogens is 332 g/mol. The smallest absolute Gasteiger partial charge is 0.287 e. The Bertz CT molecular complexity index is 753. The van der Waals surface area contributed by atoms with E-state index in [-0.39, 0.29) is 23.6 Å². The predicted octanol–water partition coefficient (Wildman–Crippen LogP) is 3.23. The van der Waals surface area contributed by atoms with Crippen LogP contribution in [0.5, 0.6) is 5.75 Å². The zero-order chi connectivity index (χ0) is 19.3. The number of amides is 2. The average molecular weight is 358 g/mol. The molecule has 2 N–H and O–H groups in total. The molecule has 0 saturated carbocycles. The van der Waals surface area contributed by atoms with Crippen molar-refractivity contribution in [2.24, 2.45) is 5.92 Å². The zero-order valence-electron chi connectivity index (χ0n) is 15.8. The summed E-state index contributed by atoms with van der Waals surface area (Å²) in [7, 11) is 1.60. The van der Waals surface area contributed by atoms with Crippen molar-refractivity contribution in [3.8, 4) is 5.75 Å². The molecule has 0 fully saturated rings. The Kier molecular flexibility index (Phi) is 6.44. The van der Waals surface area contributed by atoms with Gasteiger partial charge in [0, 0.05) is 5.56 Å². The number of furan rings is 1. The van der Waals surface area contributed by atoms with Crippen LogP contribution < -0.4 is 15.4 Å². The summed E-state index contributed by atoms with van der Waals surface area (Å²) < 4.78 is 10.5. The molecule has 1 aromatic carbocycles. The van der Waals surface area contributed by atoms with Crippen molar-refractivity contribution in [2.75, 3.05) is 7.11 Å². The summed E-state index contributed by atoms with van der Waals surface area (Å²) in [5.41, 5.74) is 1.97. The summed E-state index contributed by atoms with van der Waals surface area (Å²) >= 11 is 0. The minimum atomic E-state index is -0.675. The fourth-order valence-corrected chi connectivity index (χ4v) is 2.73. The van der Waals surface area contributed by atoms with Gasteiger partial charge in [0.1, 0.15) is 11.8 Å². The highest BCUT2D eigenvalue weighted by Crippen LogP contribution is 2.26. The molecule has 0 aliphatic heterocycles. The minimum Gasteiger partial charge on any atom is -0.496 e. The number of aryl methyl sites for hydroxylation is 1. The van der Waals surface area contributed by atoms with Gasteiger partial charge in [0.25, 0.3) is 5.91 Å². The molecule has 6 nitrogen and oxygen atoms in total. The molecule has 0 saturated heterocycles. The summed E-state index contributed by atoms with van der Waals surface area (Å²) in [5.74, 6) is 0.141. The lowest BCUT2D eigenvalue weighted by Crippen LogP contribution is -2.50. The molecule has 0 bridgehead atoms. The van der Waals surface area contributed by atoms with Crippen LogP contribution in [0.2, 0.25) is 0 Å². The van der Waals surface area contributed by atoms with Crippen LogP contribution in [-0.2, 0) is 4.79 Å². The molecule has 2 atom stereocenters. The van der Waals surface area contributed by atoms with Crippen molar-refractivity contribution in [1.29, 1.82) is 0 Å². The van der Waals surface area contributed by atoms with Gasteiger partial charge in [-0.2, -0.15) is 0 Å². The summed E-state index contributed by atoms with van der Waals surface area (Å²) in [6, 6.07) is 8.07. The highest BCUT2D eigenvalue weighted by Gasteiger charge is 2.27. The van der Waals surface area contributed by atoms with Crippen LogP contribution >= 0.6 is 0 Å². The number of carbonyl (C=O) groups excluding carboxylic acids is 2. The molecule has 0 aliphatic rings. The molecule has 1 heterocycles. The molecule has 2 aromatic rings. The number of rotatable bonds is 7. The van der Waals surface area contributed by atoms with Gasteiger partial charge in [-0.05, 0) is 38.0 Å². The van der Waals surface area contributed by atoms with E-state index in [1.807, 2.05) is 45.9 Å². The molecule has 2 amide bonds. The van der Waals surface area contributed by atoms with Gasteiger partial charge in [0.15, 0.2) is 5.76 Å². The quantitative estimate of drug-likeness (QED) is 0.796. The maximum absolute atomic E-state index is 12.8. The van der Waals surface area contributed by atoms with Crippen LogP contribution in [-0.4, -0.2) is 25.0 Å². The van der Waals surface area contributed by atoms with Gasteiger partial charge in [-0.3, -0.25) is 9.59 Å². The largest absolute Gasteiger partial charge is 0.496 e. The predicted molar refractivity (Wildman–Crippen MR) is 99.1 cm³/mol. The third-order valence-electron chi connectivity index (χ3n) is 4.19. The van der Waals surface area contributed by atoms with E-state index in [0.29, 0.717) is 5.75 Å². The first-order chi connectivity index (χ1) is 12.3. The van der Waals surface area contributed by atoms with Gasteiger partial charge in [0.2, 0.25) is 5.91 Å². The second-order valence-corrected chi connectivity index (χ2v) is 6.65. The van der Waals surface area contributed by atoms with Gasteiger partial charge in [-0.1, -0.05) is 31.5 Å². The number of ether oxygens (including phenoxy) is 1. The van der Waals surface area contributed by atoms with Crippen molar-refractivity contribution in [2.45, 2.75) is 39.8 Å². The third kappa shape index (κ3) is 4.65. The van der Waals surface area contributed by atoms with E-state index in [4.69, 9.17) is 9.15 Å². The second-order valence-electron chi connectivity index (χ2n) is 6.65. The lowest BCUT2D eigenvalue weighted by atomic mass is 10.0. The van der Waals surface area contributed by atoms with Crippen LogP contribution in [0.25, 0.3) is 0 Å². The number of carbonyl (C=O) groups is 2. The Labute approximate surface area is 153 Å². The van der Waals surface area contributed by atoms with Gasteiger partial charge in [-0.25, -0.2) is 0 Å². The highest BCUT2D eigenvalue weighted by molar-refractivity contribution is 5.95. The first kappa shape index (κ1) is 19.6. The van der Waals surface area contributed by atoms with Crippen molar-refractivity contribution >= 4 is 11.8 Å². The van der Waals surface area contributed by atoms with Gasteiger partial charge < -0.3 is 19.8 Å². The Balaban J connectivity index is 2.12. The molecular formula is C20H26N2O4. The molecule has 0 radical (unpaired) electrons. The second kappa shape index (κ2) is 8.56. The monoisotopic (exact) mass is 358 g/mol. The Hall–Kier alpha value is -2.76. The average Bonchev–Trinajstić information content (AvgIpc) is 3.13. The van der Waals surface area contributed by atoms with Gasteiger partial charge >= 0.3 is 0 Å². The van der Waals surface area contributed by atoms with E-state index < -0.39 is 11.9 Å². The molecule has 6 heteroatoms. The topological polar surface area (TPSA) is 80.6 Å².